The molecule has 214 valence electrons. The van der Waals surface area contributed by atoms with Crippen LogP contribution in [-0.2, 0) is 25.4 Å². The minimum atomic E-state index is -4.85. The number of phenolic OH excluding ortho intramolecular Hbond substituents is 2. The van der Waals surface area contributed by atoms with Gasteiger partial charge < -0.3 is 25.5 Å². The predicted molar refractivity (Wildman–Crippen MR) is 119 cm³/mol. The molecule has 0 amide bonds. The van der Waals surface area contributed by atoms with Gasteiger partial charge in [0.1, 0.15) is 11.5 Å². The Morgan fingerprint density at radius 1 is 0.763 bits per heavy atom. The maximum atomic E-state index is 12.3. The molecule has 2 aromatic carbocycles. The van der Waals surface area contributed by atoms with Crippen molar-refractivity contribution in [2.75, 3.05) is 0 Å². The summed E-state index contributed by atoms with van der Waals surface area (Å²) in [6.07, 6.45) is -9.60. The van der Waals surface area contributed by atoms with E-state index in [1.165, 1.54) is 0 Å². The third-order valence-electron chi connectivity index (χ3n) is 3.16. The second-order valence-electron chi connectivity index (χ2n) is 6.09. The van der Waals surface area contributed by atoms with Crippen LogP contribution in [0.5, 0.6) is 11.5 Å². The van der Waals surface area contributed by atoms with E-state index in [0.29, 0.717) is 18.2 Å². The number of alkyl halides is 6. The molecule has 38 heavy (non-hydrogen) atoms. The largest absolute Gasteiger partial charge is 0.507 e. The predicted octanol–water partition coefficient (Wildman–Crippen LogP) is 5.67. The molecule has 0 bridgehead atoms. The fourth-order valence-corrected chi connectivity index (χ4v) is 2.05. The minimum Gasteiger partial charge on any atom is -0.507 e. The van der Waals surface area contributed by atoms with E-state index >= 15 is 0 Å². The average molecular weight is 642 g/mol. The molecule has 0 saturated heterocycles. The molecule has 0 aliphatic carbocycles. The van der Waals surface area contributed by atoms with Crippen LogP contribution in [0.1, 0.15) is 38.8 Å². The van der Waals surface area contributed by atoms with Crippen molar-refractivity contribution in [2.45, 2.75) is 19.3 Å². The fourth-order valence-electron chi connectivity index (χ4n) is 1.83. The standard InChI is InChI=1S/C8H4ClF3O3.C8H5F3O3.C2H4O2.Cl2O2S/c9-5-2-3(7(14)15)1-4(6(5)13)8(10,11)12;9-8(10,11)5-3-4(7(13)14)1-2-6(5)12;1-2(3)4;1-5(2,3)4/h1-2,13H,(H,14,15);1-3,12H,(H,13,14);1H3,(H,3,4);. The van der Waals surface area contributed by atoms with Gasteiger partial charge in [-0.05, 0) is 30.3 Å². The summed E-state index contributed by atoms with van der Waals surface area (Å²) >= 11 is 5.26. The highest BCUT2D eigenvalue weighted by molar-refractivity contribution is 8.31. The van der Waals surface area contributed by atoms with Gasteiger partial charge in [-0.25, -0.2) is 9.59 Å². The molecular weight excluding hydrogens is 629 g/mol. The van der Waals surface area contributed by atoms with Gasteiger partial charge in [-0.2, -0.15) is 34.8 Å². The van der Waals surface area contributed by atoms with Crippen molar-refractivity contribution in [1.82, 2.24) is 0 Å². The fraction of sp³-hybridized carbons (Fsp3) is 0.167. The molecule has 2 rings (SSSR count). The van der Waals surface area contributed by atoms with Gasteiger partial charge in [0.2, 0.25) is 0 Å². The first-order valence-electron chi connectivity index (χ1n) is 8.59. The Balaban J connectivity index is 0. The maximum absolute atomic E-state index is 12.3. The highest BCUT2D eigenvalue weighted by Crippen LogP contribution is 2.40. The quantitative estimate of drug-likeness (QED) is 0.202. The average Bonchev–Trinajstić information content (AvgIpc) is 2.67. The zero-order chi connectivity index (χ0) is 30.8. The van der Waals surface area contributed by atoms with Gasteiger partial charge >= 0.3 is 32.6 Å². The van der Waals surface area contributed by atoms with Crippen LogP contribution in [0.15, 0.2) is 30.3 Å². The number of carboxylic acids is 3. The first-order valence-corrected chi connectivity index (χ1v) is 12.1. The van der Waals surface area contributed by atoms with E-state index in [1.807, 2.05) is 0 Å². The molecule has 2 aromatic rings. The molecule has 0 saturated carbocycles. The van der Waals surface area contributed by atoms with Crippen molar-refractivity contribution < 1.29 is 74.7 Å². The second-order valence-corrected chi connectivity index (χ2v) is 10.2. The van der Waals surface area contributed by atoms with Gasteiger partial charge in [0.05, 0.1) is 27.3 Å². The molecule has 5 N–H and O–H groups in total. The summed E-state index contributed by atoms with van der Waals surface area (Å²) in [6, 6.07) is 3.05. The summed E-state index contributed by atoms with van der Waals surface area (Å²) in [5.41, 5.74) is -3.97. The van der Waals surface area contributed by atoms with E-state index in [9.17, 15) is 35.9 Å². The first kappa shape index (κ1) is 37.0. The van der Waals surface area contributed by atoms with Crippen LogP contribution in [0.4, 0.5) is 26.3 Å². The van der Waals surface area contributed by atoms with Crippen molar-refractivity contribution >= 4 is 59.1 Å². The Morgan fingerprint density at radius 2 is 1.11 bits per heavy atom. The summed E-state index contributed by atoms with van der Waals surface area (Å²) in [5.74, 6) is -6.02. The van der Waals surface area contributed by atoms with Gasteiger partial charge in [0.25, 0.3) is 5.97 Å². The van der Waals surface area contributed by atoms with Gasteiger partial charge in [-0.15, -0.1) is 0 Å². The van der Waals surface area contributed by atoms with Gasteiger partial charge in [0.15, 0.2) is 0 Å². The summed E-state index contributed by atoms with van der Waals surface area (Å²) in [6.45, 7) is 1.08. The van der Waals surface area contributed by atoms with Crippen molar-refractivity contribution in [3.05, 3.63) is 57.6 Å². The van der Waals surface area contributed by atoms with E-state index in [0.717, 1.165) is 19.1 Å². The first-order chi connectivity index (χ1) is 16.8. The number of aromatic hydroxyl groups is 2. The molecule has 0 aliphatic rings. The Morgan fingerprint density at radius 3 is 1.42 bits per heavy atom. The second kappa shape index (κ2) is 14.7. The Bertz CT molecular complexity index is 1250. The lowest BCUT2D eigenvalue weighted by Gasteiger charge is -2.10. The van der Waals surface area contributed by atoms with Gasteiger partial charge in [-0.3, -0.25) is 4.79 Å². The number of halogens is 9. The highest BCUT2D eigenvalue weighted by atomic mass is 36.0. The molecule has 20 heteroatoms. The number of carboxylic acid groups (broad SMARTS) is 3. The van der Waals surface area contributed by atoms with Crippen molar-refractivity contribution in [3.63, 3.8) is 0 Å². The van der Waals surface area contributed by atoms with Gasteiger partial charge in [0, 0.05) is 28.3 Å². The number of carbonyl (C=O) groups is 3. The van der Waals surface area contributed by atoms with E-state index in [-0.39, 0.29) is 0 Å². The van der Waals surface area contributed by atoms with E-state index < -0.39 is 77.3 Å². The summed E-state index contributed by atoms with van der Waals surface area (Å²) in [4.78, 5) is 29.8. The molecule has 0 aromatic heterocycles. The zero-order valence-electron chi connectivity index (χ0n) is 18.0. The minimum absolute atomic E-state index is 0.323. The number of hydrogen-bond donors (Lipinski definition) is 5. The van der Waals surface area contributed by atoms with Crippen LogP contribution >= 0.6 is 33.0 Å². The van der Waals surface area contributed by atoms with Crippen LogP contribution in [0.25, 0.3) is 0 Å². The van der Waals surface area contributed by atoms with Crippen LogP contribution in [-0.4, -0.2) is 51.9 Å². The molecule has 10 nitrogen and oxygen atoms in total. The third kappa shape index (κ3) is 15.9. The highest BCUT2D eigenvalue weighted by Gasteiger charge is 2.36. The molecular formula is C18H13Cl3F6O10S. The SMILES string of the molecule is CC(=O)O.O=C(O)c1cc(Cl)c(O)c(C(F)(F)F)c1.O=C(O)c1ccc(O)c(C(F)(F)F)c1.O=S(=O)(Cl)Cl. The van der Waals surface area contributed by atoms with Crippen LogP contribution in [0.3, 0.4) is 0 Å². The monoisotopic (exact) mass is 640 g/mol. The Kier molecular flexibility index (Phi) is 14.3. The molecule has 0 unspecified atom stereocenters. The Hall–Kier alpha value is -3.15. The third-order valence-corrected chi connectivity index (χ3v) is 3.45. The van der Waals surface area contributed by atoms with Crippen molar-refractivity contribution in [3.8, 4) is 11.5 Å². The maximum Gasteiger partial charge on any atom is 0.420 e. The summed E-state index contributed by atoms with van der Waals surface area (Å²) in [5, 5.41) is 41.5. The topological polar surface area (TPSA) is 186 Å². The Labute approximate surface area is 222 Å². The lowest BCUT2D eigenvalue weighted by molar-refractivity contribution is -0.139. The van der Waals surface area contributed by atoms with E-state index in [1.54, 1.807) is 0 Å². The van der Waals surface area contributed by atoms with Crippen LogP contribution in [0.2, 0.25) is 5.02 Å². The lowest BCUT2D eigenvalue weighted by atomic mass is 10.1. The smallest absolute Gasteiger partial charge is 0.420 e. The molecule has 0 aliphatic heterocycles. The van der Waals surface area contributed by atoms with E-state index in [4.69, 9.17) is 50.3 Å². The molecule has 0 spiro atoms. The van der Waals surface area contributed by atoms with Crippen LogP contribution in [0, 0.1) is 0 Å². The summed E-state index contributed by atoms with van der Waals surface area (Å²) in [7, 11) is 4.81. The number of benzene rings is 2. The molecule has 0 fully saturated rings. The van der Waals surface area contributed by atoms with Gasteiger partial charge in [-0.1, -0.05) is 11.6 Å². The normalized spacial score (nSPS) is 10.9. The number of aliphatic carboxylic acids is 1. The summed E-state index contributed by atoms with van der Waals surface area (Å²) < 4.78 is 91.5. The zero-order valence-corrected chi connectivity index (χ0v) is 21.1. The number of aromatic carboxylic acids is 2. The number of phenols is 2. The van der Waals surface area contributed by atoms with Crippen molar-refractivity contribution in [2.24, 2.45) is 0 Å². The van der Waals surface area contributed by atoms with E-state index in [2.05, 4.69) is 21.4 Å². The number of hydrogen-bond acceptors (Lipinski definition) is 7. The molecule has 0 radical (unpaired) electrons. The van der Waals surface area contributed by atoms with Crippen LogP contribution < -0.4 is 0 Å². The van der Waals surface area contributed by atoms with Crippen molar-refractivity contribution in [1.29, 1.82) is 0 Å². The lowest BCUT2D eigenvalue weighted by Crippen LogP contribution is -2.08. The number of rotatable bonds is 2. The molecule has 0 heterocycles. The molecule has 0 atom stereocenters.